The minimum atomic E-state index is -0.152. The van der Waals surface area contributed by atoms with Gasteiger partial charge in [-0.3, -0.25) is 4.79 Å². The molecule has 0 radical (unpaired) electrons. The van der Waals surface area contributed by atoms with E-state index in [1.54, 1.807) is 4.90 Å². The number of hydrogen-bond donors (Lipinski definition) is 2. The molecule has 2 aliphatic carbocycles. The standard InChI is InChI=1S/C21H28N4O2/c26-20(22-14-18-13-16-6-7-17(18)12-16)15-23-21(27)25-10-8-24(9-11-25)19-4-2-1-3-5-19/h1-7,16-18H,8-15H2,(H,22,26)(H,23,27)/t16-,17+,18-/m1/s1. The summed E-state index contributed by atoms with van der Waals surface area (Å²) in [5, 5.41) is 5.74. The highest BCUT2D eigenvalue weighted by molar-refractivity contribution is 5.84. The quantitative estimate of drug-likeness (QED) is 0.780. The molecule has 3 aliphatic rings. The fraction of sp³-hybridized carbons (Fsp3) is 0.524. The van der Waals surface area contributed by atoms with Gasteiger partial charge >= 0.3 is 6.03 Å². The number of carbonyl (C=O) groups excluding carboxylic acids is 2. The fourth-order valence-corrected chi connectivity index (χ4v) is 4.51. The van der Waals surface area contributed by atoms with Crippen molar-refractivity contribution in [2.75, 3.05) is 44.2 Å². The Morgan fingerprint density at radius 1 is 0.963 bits per heavy atom. The van der Waals surface area contributed by atoms with E-state index in [9.17, 15) is 9.59 Å². The van der Waals surface area contributed by atoms with Crippen molar-refractivity contribution in [3.05, 3.63) is 42.5 Å². The maximum absolute atomic E-state index is 12.3. The molecule has 1 heterocycles. The number of hydrogen-bond acceptors (Lipinski definition) is 3. The maximum Gasteiger partial charge on any atom is 0.317 e. The van der Waals surface area contributed by atoms with Crippen molar-refractivity contribution >= 4 is 17.6 Å². The number of nitrogens with one attached hydrogen (secondary N) is 2. The molecule has 1 aromatic rings. The summed E-state index contributed by atoms with van der Waals surface area (Å²) in [6.45, 7) is 3.72. The van der Waals surface area contributed by atoms with E-state index in [2.05, 4.69) is 39.8 Å². The van der Waals surface area contributed by atoms with Crippen molar-refractivity contribution in [3.63, 3.8) is 0 Å². The zero-order valence-corrected chi connectivity index (χ0v) is 15.6. The predicted molar refractivity (Wildman–Crippen MR) is 105 cm³/mol. The molecule has 1 aromatic carbocycles. The minimum absolute atomic E-state index is 0.0500. The summed E-state index contributed by atoms with van der Waals surface area (Å²) in [5.74, 6) is 1.81. The number of piperazine rings is 1. The van der Waals surface area contributed by atoms with E-state index < -0.39 is 0 Å². The molecule has 2 fully saturated rings. The topological polar surface area (TPSA) is 64.7 Å². The lowest BCUT2D eigenvalue weighted by Crippen LogP contribution is -2.53. The number of allylic oxidation sites excluding steroid dienone is 2. The van der Waals surface area contributed by atoms with Crippen LogP contribution in [0.15, 0.2) is 42.5 Å². The van der Waals surface area contributed by atoms with Crippen LogP contribution in [0.25, 0.3) is 0 Å². The second-order valence-electron chi connectivity index (χ2n) is 7.81. The average Bonchev–Trinajstić information content (AvgIpc) is 3.34. The number of carbonyl (C=O) groups is 2. The van der Waals surface area contributed by atoms with Crippen LogP contribution in [0.3, 0.4) is 0 Å². The summed E-state index contributed by atoms with van der Waals surface area (Å²) in [6.07, 6.45) is 7.02. The van der Waals surface area contributed by atoms with Crippen LogP contribution in [0.5, 0.6) is 0 Å². The summed E-state index contributed by atoms with van der Waals surface area (Å²) in [4.78, 5) is 28.4. The molecule has 1 aliphatic heterocycles. The monoisotopic (exact) mass is 368 g/mol. The van der Waals surface area contributed by atoms with E-state index in [1.165, 1.54) is 18.5 Å². The van der Waals surface area contributed by atoms with Crippen LogP contribution in [0.2, 0.25) is 0 Å². The highest BCUT2D eigenvalue weighted by atomic mass is 16.2. The Kier molecular flexibility index (Phi) is 5.32. The molecular weight excluding hydrogens is 340 g/mol. The van der Waals surface area contributed by atoms with Gasteiger partial charge in [-0.2, -0.15) is 0 Å². The molecule has 2 bridgehead atoms. The Labute approximate surface area is 160 Å². The van der Waals surface area contributed by atoms with Gasteiger partial charge in [-0.25, -0.2) is 4.79 Å². The van der Waals surface area contributed by atoms with Gasteiger partial charge in [0.25, 0.3) is 0 Å². The lowest BCUT2D eigenvalue weighted by molar-refractivity contribution is -0.120. The van der Waals surface area contributed by atoms with Crippen molar-refractivity contribution in [1.29, 1.82) is 0 Å². The summed E-state index contributed by atoms with van der Waals surface area (Å²) in [7, 11) is 0. The molecule has 0 spiro atoms. The first kappa shape index (κ1) is 17.9. The van der Waals surface area contributed by atoms with Gasteiger partial charge in [-0.05, 0) is 42.7 Å². The second-order valence-corrected chi connectivity index (χ2v) is 7.81. The summed E-state index contributed by atoms with van der Waals surface area (Å²) >= 11 is 0. The number of para-hydroxylation sites is 1. The van der Waals surface area contributed by atoms with Crippen molar-refractivity contribution < 1.29 is 9.59 Å². The Balaban J connectivity index is 1.14. The van der Waals surface area contributed by atoms with Gasteiger partial charge in [0.2, 0.25) is 5.91 Å². The smallest absolute Gasteiger partial charge is 0.317 e. The van der Waals surface area contributed by atoms with Crippen molar-refractivity contribution in [2.45, 2.75) is 12.8 Å². The van der Waals surface area contributed by atoms with Gasteiger partial charge < -0.3 is 20.4 Å². The number of urea groups is 1. The zero-order valence-electron chi connectivity index (χ0n) is 15.6. The molecule has 0 aromatic heterocycles. The lowest BCUT2D eigenvalue weighted by atomic mass is 9.94. The van der Waals surface area contributed by atoms with E-state index in [-0.39, 0.29) is 18.5 Å². The predicted octanol–water partition coefficient (Wildman–Crippen LogP) is 1.85. The summed E-state index contributed by atoms with van der Waals surface area (Å²) in [5.41, 5.74) is 1.19. The second kappa shape index (κ2) is 8.03. The normalized spacial score (nSPS) is 26.3. The number of benzene rings is 1. The first-order valence-electron chi connectivity index (χ1n) is 9.97. The number of amides is 3. The molecule has 3 amide bonds. The van der Waals surface area contributed by atoms with E-state index in [0.717, 1.165) is 19.6 Å². The van der Waals surface area contributed by atoms with Crippen LogP contribution in [0, 0.1) is 17.8 Å². The molecule has 144 valence electrons. The number of nitrogens with zero attached hydrogens (tertiary/aromatic N) is 2. The zero-order chi connectivity index (χ0) is 18.6. The van der Waals surface area contributed by atoms with Crippen LogP contribution in [0.4, 0.5) is 10.5 Å². The van der Waals surface area contributed by atoms with E-state index in [4.69, 9.17) is 0 Å². The largest absolute Gasteiger partial charge is 0.368 e. The molecule has 0 unspecified atom stereocenters. The minimum Gasteiger partial charge on any atom is -0.368 e. The van der Waals surface area contributed by atoms with Gasteiger partial charge in [-0.1, -0.05) is 30.4 Å². The number of fused-ring (bicyclic) bond motifs is 2. The van der Waals surface area contributed by atoms with Gasteiger partial charge in [-0.15, -0.1) is 0 Å². The highest BCUT2D eigenvalue weighted by Gasteiger charge is 2.35. The van der Waals surface area contributed by atoms with Crippen LogP contribution < -0.4 is 15.5 Å². The fourth-order valence-electron chi connectivity index (χ4n) is 4.51. The van der Waals surface area contributed by atoms with Crippen LogP contribution in [-0.2, 0) is 4.79 Å². The number of anilines is 1. The molecule has 1 saturated heterocycles. The molecule has 1 saturated carbocycles. The third kappa shape index (κ3) is 4.26. The number of rotatable bonds is 5. The van der Waals surface area contributed by atoms with Crippen LogP contribution in [-0.4, -0.2) is 56.1 Å². The van der Waals surface area contributed by atoms with E-state index >= 15 is 0 Å². The first-order chi connectivity index (χ1) is 13.2. The van der Waals surface area contributed by atoms with Gasteiger partial charge in [0, 0.05) is 38.4 Å². The molecule has 27 heavy (non-hydrogen) atoms. The van der Waals surface area contributed by atoms with Crippen molar-refractivity contribution in [2.24, 2.45) is 17.8 Å². The average molecular weight is 368 g/mol. The summed E-state index contributed by atoms with van der Waals surface area (Å²) < 4.78 is 0. The molecular formula is C21H28N4O2. The molecule has 4 rings (SSSR count). The third-order valence-electron chi connectivity index (χ3n) is 6.07. The third-order valence-corrected chi connectivity index (χ3v) is 6.07. The van der Waals surface area contributed by atoms with Crippen molar-refractivity contribution in [1.82, 2.24) is 15.5 Å². The Morgan fingerprint density at radius 3 is 2.41 bits per heavy atom. The van der Waals surface area contributed by atoms with Crippen LogP contribution in [0.1, 0.15) is 12.8 Å². The Morgan fingerprint density at radius 2 is 1.74 bits per heavy atom. The highest BCUT2D eigenvalue weighted by Crippen LogP contribution is 2.42. The van der Waals surface area contributed by atoms with Gasteiger partial charge in [0.05, 0.1) is 6.54 Å². The summed E-state index contributed by atoms with van der Waals surface area (Å²) in [6, 6.07) is 10.1. The molecule has 2 N–H and O–H groups in total. The SMILES string of the molecule is O=C(CNC(=O)N1CCN(c2ccccc2)CC1)NC[C@H]1C[C@@H]2C=C[C@H]1C2. The van der Waals surface area contributed by atoms with Crippen LogP contribution >= 0.6 is 0 Å². The van der Waals surface area contributed by atoms with Gasteiger partial charge in [0.1, 0.15) is 0 Å². The molecule has 6 nitrogen and oxygen atoms in total. The lowest BCUT2D eigenvalue weighted by Gasteiger charge is -2.36. The first-order valence-corrected chi connectivity index (χ1v) is 9.97. The van der Waals surface area contributed by atoms with E-state index in [1.807, 2.05) is 18.2 Å². The Bertz CT molecular complexity index is 697. The Hall–Kier alpha value is -2.50. The van der Waals surface area contributed by atoms with Gasteiger partial charge in [0.15, 0.2) is 0 Å². The van der Waals surface area contributed by atoms with E-state index in [0.29, 0.717) is 30.8 Å². The maximum atomic E-state index is 12.3. The van der Waals surface area contributed by atoms with Crippen molar-refractivity contribution in [3.8, 4) is 0 Å². The molecule has 3 atom stereocenters. The molecule has 6 heteroatoms.